The normalized spacial score (nSPS) is 10.5. The molecule has 4 nitrogen and oxygen atoms in total. The fourth-order valence-corrected chi connectivity index (χ4v) is 1.70. The van der Waals surface area contributed by atoms with Crippen molar-refractivity contribution >= 4 is 5.97 Å². The fraction of sp³-hybridized carbons (Fsp3) is 0.231. The second-order valence-corrected chi connectivity index (χ2v) is 4.16. The highest BCUT2D eigenvalue weighted by atomic mass is 16.4. The van der Waals surface area contributed by atoms with Gasteiger partial charge in [-0.3, -0.25) is 0 Å². The summed E-state index contributed by atoms with van der Waals surface area (Å²) in [6, 6.07) is 7.51. The molecule has 0 radical (unpaired) electrons. The Morgan fingerprint density at radius 3 is 2.41 bits per heavy atom. The number of hydrogen-bond acceptors (Lipinski definition) is 2. The molecule has 0 fully saturated rings. The lowest BCUT2D eigenvalue weighted by Gasteiger charge is -2.06. The van der Waals surface area contributed by atoms with Gasteiger partial charge in [-0.1, -0.05) is 6.07 Å². The molecule has 0 amide bonds. The lowest BCUT2D eigenvalue weighted by atomic mass is 10.1. The highest BCUT2D eigenvalue weighted by molar-refractivity contribution is 5.85. The molecule has 0 unspecified atom stereocenters. The Kier molecular flexibility index (Phi) is 2.71. The topological polar surface area (TPSA) is 55.1 Å². The first-order valence-electron chi connectivity index (χ1n) is 5.36. The van der Waals surface area contributed by atoms with Crippen LogP contribution in [0.4, 0.5) is 0 Å². The van der Waals surface area contributed by atoms with E-state index in [1.54, 1.807) is 10.7 Å². The summed E-state index contributed by atoms with van der Waals surface area (Å²) in [5.74, 6) is -1.00. The third-order valence-electron chi connectivity index (χ3n) is 2.84. The third kappa shape index (κ3) is 2.06. The average molecular weight is 230 g/mol. The van der Waals surface area contributed by atoms with Crippen LogP contribution in [0.1, 0.15) is 27.3 Å². The van der Waals surface area contributed by atoms with E-state index >= 15 is 0 Å². The molecule has 0 aliphatic carbocycles. The molecule has 88 valence electrons. The SMILES string of the molecule is Cc1ccc(-n2nc(C(=O)O)cc2C)cc1C. The molecule has 4 heteroatoms. The lowest BCUT2D eigenvalue weighted by Crippen LogP contribution is -2.02. The Balaban J connectivity index is 2.52. The van der Waals surface area contributed by atoms with Crippen LogP contribution in [0.15, 0.2) is 24.3 Å². The molecule has 2 aromatic rings. The molecule has 0 saturated carbocycles. The molecule has 1 heterocycles. The van der Waals surface area contributed by atoms with Gasteiger partial charge in [0.15, 0.2) is 5.69 Å². The summed E-state index contributed by atoms with van der Waals surface area (Å²) in [6.45, 7) is 5.90. The molecule has 0 spiro atoms. The fourth-order valence-electron chi connectivity index (χ4n) is 1.70. The molecule has 17 heavy (non-hydrogen) atoms. The van der Waals surface area contributed by atoms with Crippen molar-refractivity contribution in [1.82, 2.24) is 9.78 Å². The summed E-state index contributed by atoms with van der Waals surface area (Å²) >= 11 is 0. The number of carboxylic acid groups (broad SMARTS) is 1. The van der Waals surface area contributed by atoms with Crippen LogP contribution in [0.25, 0.3) is 5.69 Å². The molecule has 0 aliphatic rings. The zero-order valence-electron chi connectivity index (χ0n) is 10.1. The molecule has 0 bridgehead atoms. The summed E-state index contributed by atoms with van der Waals surface area (Å²) in [4.78, 5) is 10.8. The number of rotatable bonds is 2. The molecular weight excluding hydrogens is 216 g/mol. The zero-order valence-corrected chi connectivity index (χ0v) is 10.1. The van der Waals surface area contributed by atoms with Crippen molar-refractivity contribution < 1.29 is 9.90 Å². The number of nitrogens with zero attached hydrogens (tertiary/aromatic N) is 2. The monoisotopic (exact) mass is 230 g/mol. The van der Waals surface area contributed by atoms with Crippen molar-refractivity contribution in [2.75, 3.05) is 0 Å². The minimum Gasteiger partial charge on any atom is -0.476 e. The molecule has 1 N–H and O–H groups in total. The summed E-state index contributed by atoms with van der Waals surface area (Å²) in [5, 5.41) is 13.0. The summed E-state index contributed by atoms with van der Waals surface area (Å²) in [6.07, 6.45) is 0. The van der Waals surface area contributed by atoms with Gasteiger partial charge in [-0.15, -0.1) is 0 Å². The first-order chi connectivity index (χ1) is 7.99. The minimum atomic E-state index is -1.00. The van der Waals surface area contributed by atoms with E-state index in [1.807, 2.05) is 39.0 Å². The van der Waals surface area contributed by atoms with Gasteiger partial charge in [0, 0.05) is 5.69 Å². The Labute approximate surface area is 99.5 Å². The van der Waals surface area contributed by atoms with Crippen LogP contribution in [0.5, 0.6) is 0 Å². The number of aromatic carboxylic acids is 1. The van der Waals surface area contributed by atoms with E-state index in [0.717, 1.165) is 16.9 Å². The van der Waals surface area contributed by atoms with Crippen molar-refractivity contribution in [3.8, 4) is 5.69 Å². The molecular formula is C13H14N2O2. The molecule has 1 aromatic carbocycles. The van der Waals surface area contributed by atoms with Gasteiger partial charge in [-0.05, 0) is 50.1 Å². The Morgan fingerprint density at radius 2 is 1.88 bits per heavy atom. The van der Waals surface area contributed by atoms with Crippen LogP contribution < -0.4 is 0 Å². The molecule has 0 saturated heterocycles. The van der Waals surface area contributed by atoms with E-state index < -0.39 is 5.97 Å². The molecule has 2 rings (SSSR count). The van der Waals surface area contributed by atoms with Crippen molar-refractivity contribution in [3.63, 3.8) is 0 Å². The first kappa shape index (κ1) is 11.4. The maximum Gasteiger partial charge on any atom is 0.356 e. The first-order valence-corrected chi connectivity index (χ1v) is 5.36. The summed E-state index contributed by atoms with van der Waals surface area (Å²) in [7, 11) is 0. The standard InChI is InChI=1S/C13H14N2O2/c1-8-4-5-11(6-9(8)2)15-10(3)7-12(14-15)13(16)17/h4-7H,1-3H3,(H,16,17). The van der Waals surface area contributed by atoms with Gasteiger partial charge in [0.1, 0.15) is 0 Å². The molecule has 0 atom stereocenters. The molecule has 1 aromatic heterocycles. The largest absolute Gasteiger partial charge is 0.476 e. The van der Waals surface area contributed by atoms with Gasteiger partial charge in [0.25, 0.3) is 0 Å². The quantitative estimate of drug-likeness (QED) is 0.862. The van der Waals surface area contributed by atoms with E-state index in [4.69, 9.17) is 5.11 Å². The Morgan fingerprint density at radius 1 is 1.18 bits per heavy atom. The zero-order chi connectivity index (χ0) is 12.6. The highest BCUT2D eigenvalue weighted by Crippen LogP contribution is 2.16. The van der Waals surface area contributed by atoms with Gasteiger partial charge in [-0.2, -0.15) is 5.10 Å². The number of carbonyl (C=O) groups is 1. The second-order valence-electron chi connectivity index (χ2n) is 4.16. The third-order valence-corrected chi connectivity index (χ3v) is 2.84. The van der Waals surface area contributed by atoms with E-state index in [9.17, 15) is 4.79 Å². The smallest absolute Gasteiger partial charge is 0.356 e. The van der Waals surface area contributed by atoms with Crippen LogP contribution in [0.2, 0.25) is 0 Å². The van der Waals surface area contributed by atoms with Gasteiger partial charge >= 0.3 is 5.97 Å². The lowest BCUT2D eigenvalue weighted by molar-refractivity contribution is 0.0690. The van der Waals surface area contributed by atoms with Crippen LogP contribution in [-0.4, -0.2) is 20.9 Å². The number of carboxylic acids is 1. The maximum absolute atomic E-state index is 10.8. The molecule has 0 aliphatic heterocycles. The van der Waals surface area contributed by atoms with Crippen molar-refractivity contribution in [1.29, 1.82) is 0 Å². The average Bonchev–Trinajstić information content (AvgIpc) is 2.65. The predicted octanol–water partition coefficient (Wildman–Crippen LogP) is 2.50. The van der Waals surface area contributed by atoms with E-state index in [0.29, 0.717) is 0 Å². The van der Waals surface area contributed by atoms with Crippen molar-refractivity contribution in [2.45, 2.75) is 20.8 Å². The van der Waals surface area contributed by atoms with E-state index in [1.165, 1.54) is 5.56 Å². The van der Waals surface area contributed by atoms with Gasteiger partial charge in [0.2, 0.25) is 0 Å². The van der Waals surface area contributed by atoms with Gasteiger partial charge < -0.3 is 5.11 Å². The van der Waals surface area contributed by atoms with Crippen molar-refractivity contribution in [2.24, 2.45) is 0 Å². The predicted molar refractivity (Wildman–Crippen MR) is 64.7 cm³/mol. The Hall–Kier alpha value is -2.10. The van der Waals surface area contributed by atoms with Crippen molar-refractivity contribution in [3.05, 3.63) is 46.8 Å². The van der Waals surface area contributed by atoms with Crippen LogP contribution in [0, 0.1) is 20.8 Å². The minimum absolute atomic E-state index is 0.0701. The Bertz CT molecular complexity index is 585. The van der Waals surface area contributed by atoms with E-state index in [-0.39, 0.29) is 5.69 Å². The number of benzene rings is 1. The van der Waals surface area contributed by atoms with Crippen LogP contribution in [0.3, 0.4) is 0 Å². The number of hydrogen-bond donors (Lipinski definition) is 1. The van der Waals surface area contributed by atoms with Crippen LogP contribution in [-0.2, 0) is 0 Å². The van der Waals surface area contributed by atoms with Gasteiger partial charge in [-0.25, -0.2) is 9.48 Å². The van der Waals surface area contributed by atoms with Crippen LogP contribution >= 0.6 is 0 Å². The maximum atomic E-state index is 10.8. The number of aryl methyl sites for hydroxylation is 3. The highest BCUT2D eigenvalue weighted by Gasteiger charge is 2.11. The summed E-state index contributed by atoms with van der Waals surface area (Å²) in [5.41, 5.74) is 4.13. The summed E-state index contributed by atoms with van der Waals surface area (Å²) < 4.78 is 1.65. The van der Waals surface area contributed by atoms with E-state index in [2.05, 4.69) is 5.10 Å². The number of aromatic nitrogens is 2. The second kappa shape index (κ2) is 4.05. The van der Waals surface area contributed by atoms with Gasteiger partial charge in [0.05, 0.1) is 5.69 Å².